The molecular formula is C15H21F2N3O5S. The van der Waals surface area contributed by atoms with Crippen molar-refractivity contribution in [3.8, 4) is 0 Å². The number of carbonyl (C=O) groups is 2. The number of nitrogens with zero attached hydrogens (tertiary/aromatic N) is 2. The van der Waals surface area contributed by atoms with E-state index in [1.165, 1.54) is 22.1 Å². The first-order valence-corrected chi connectivity index (χ1v) is 9.55. The molecule has 1 unspecified atom stereocenters. The normalized spacial score (nSPS) is 17.2. The summed E-state index contributed by atoms with van der Waals surface area (Å²) in [5, 5.41) is 10.9. The predicted molar refractivity (Wildman–Crippen MR) is 87.5 cm³/mol. The van der Waals surface area contributed by atoms with Crippen molar-refractivity contribution in [2.75, 3.05) is 13.1 Å². The van der Waals surface area contributed by atoms with Crippen molar-refractivity contribution in [1.29, 1.82) is 0 Å². The molecule has 1 aromatic rings. The summed E-state index contributed by atoms with van der Waals surface area (Å²) in [5.74, 6) is -2.52. The minimum absolute atomic E-state index is 0.0900. The van der Waals surface area contributed by atoms with Gasteiger partial charge in [0.25, 0.3) is 5.91 Å². The van der Waals surface area contributed by atoms with Gasteiger partial charge in [0.1, 0.15) is 16.6 Å². The van der Waals surface area contributed by atoms with E-state index in [-0.39, 0.29) is 10.6 Å². The highest BCUT2D eigenvalue weighted by molar-refractivity contribution is 7.89. The van der Waals surface area contributed by atoms with E-state index in [1.807, 2.05) is 5.32 Å². The van der Waals surface area contributed by atoms with E-state index in [9.17, 15) is 26.8 Å². The summed E-state index contributed by atoms with van der Waals surface area (Å²) in [4.78, 5) is 23.1. The quantitative estimate of drug-likeness (QED) is 0.719. The highest BCUT2D eigenvalue weighted by atomic mass is 32.2. The number of carboxylic acids is 1. The predicted octanol–water partition coefficient (Wildman–Crippen LogP) is 1.04. The van der Waals surface area contributed by atoms with E-state index < -0.39 is 40.8 Å². The summed E-state index contributed by atoms with van der Waals surface area (Å²) in [6, 6.07) is -0.639. The molecule has 146 valence electrons. The van der Waals surface area contributed by atoms with Gasteiger partial charge in [-0.05, 0) is 18.9 Å². The van der Waals surface area contributed by atoms with Crippen molar-refractivity contribution >= 4 is 21.9 Å². The lowest BCUT2D eigenvalue weighted by atomic mass is 10.2. The number of nitrogens with one attached hydrogen (secondary N) is 1. The van der Waals surface area contributed by atoms with Gasteiger partial charge in [0.2, 0.25) is 16.4 Å². The fourth-order valence-electron chi connectivity index (χ4n) is 2.79. The Morgan fingerprint density at radius 1 is 1.27 bits per heavy atom. The molecule has 1 saturated heterocycles. The number of rotatable bonds is 7. The summed E-state index contributed by atoms with van der Waals surface area (Å²) in [6.45, 7) is 0.794. The van der Waals surface area contributed by atoms with E-state index in [1.54, 1.807) is 0 Å². The molecular weight excluding hydrogens is 372 g/mol. The molecule has 1 aromatic heterocycles. The number of aromatic nitrogens is 1. The number of carboxylic acid groups (broad SMARTS) is 1. The van der Waals surface area contributed by atoms with Gasteiger partial charge in [0.05, 0.1) is 0 Å². The molecule has 1 aliphatic rings. The van der Waals surface area contributed by atoms with Crippen molar-refractivity contribution in [2.45, 2.75) is 43.0 Å². The van der Waals surface area contributed by atoms with E-state index >= 15 is 0 Å². The van der Waals surface area contributed by atoms with Crippen LogP contribution in [-0.2, 0) is 21.9 Å². The van der Waals surface area contributed by atoms with E-state index in [0.29, 0.717) is 13.1 Å². The Kier molecular flexibility index (Phi) is 6.34. The van der Waals surface area contributed by atoms with Gasteiger partial charge in [-0.25, -0.2) is 22.0 Å². The summed E-state index contributed by atoms with van der Waals surface area (Å²) >= 11 is 0. The minimum Gasteiger partial charge on any atom is -0.480 e. The van der Waals surface area contributed by atoms with Crippen molar-refractivity contribution in [3.63, 3.8) is 0 Å². The van der Waals surface area contributed by atoms with Crippen LogP contribution < -0.4 is 5.32 Å². The van der Waals surface area contributed by atoms with Crippen LogP contribution in [0.3, 0.4) is 0 Å². The average Bonchev–Trinajstić information content (AvgIpc) is 2.97. The summed E-state index contributed by atoms with van der Waals surface area (Å²) in [7, 11) is -2.34. The van der Waals surface area contributed by atoms with Gasteiger partial charge >= 0.3 is 5.97 Å². The molecule has 0 aliphatic carbocycles. The lowest BCUT2D eigenvalue weighted by Crippen LogP contribution is -2.42. The molecule has 2 rings (SSSR count). The lowest BCUT2D eigenvalue weighted by molar-refractivity contribution is -0.140. The Bertz CT molecular complexity index is 772. The molecule has 0 saturated carbocycles. The van der Waals surface area contributed by atoms with Crippen LogP contribution in [0.4, 0.5) is 8.78 Å². The largest absolute Gasteiger partial charge is 0.480 e. The molecule has 1 aliphatic heterocycles. The minimum atomic E-state index is -3.76. The number of aryl methyl sites for hydroxylation is 1. The fourth-order valence-corrected chi connectivity index (χ4v) is 4.38. The van der Waals surface area contributed by atoms with Gasteiger partial charge in [0.15, 0.2) is 0 Å². The van der Waals surface area contributed by atoms with Crippen molar-refractivity contribution in [1.82, 2.24) is 14.2 Å². The fraction of sp³-hybridized carbons (Fsp3) is 0.600. The molecule has 2 N–H and O–H groups in total. The zero-order valence-corrected chi connectivity index (χ0v) is 15.0. The van der Waals surface area contributed by atoms with Crippen molar-refractivity contribution in [3.05, 3.63) is 18.0 Å². The van der Waals surface area contributed by atoms with Crippen LogP contribution in [0.25, 0.3) is 0 Å². The van der Waals surface area contributed by atoms with Crippen LogP contribution in [0.2, 0.25) is 0 Å². The number of carbonyl (C=O) groups excluding carboxylic acids is 1. The maximum Gasteiger partial charge on any atom is 0.326 e. The smallest absolute Gasteiger partial charge is 0.326 e. The Labute approximate surface area is 149 Å². The lowest BCUT2D eigenvalue weighted by Gasteiger charge is -2.25. The molecule has 1 fully saturated rings. The monoisotopic (exact) mass is 393 g/mol. The summed E-state index contributed by atoms with van der Waals surface area (Å²) in [6.07, 6.45) is -0.220. The first kappa shape index (κ1) is 20.3. The van der Waals surface area contributed by atoms with E-state index in [2.05, 4.69) is 0 Å². The van der Waals surface area contributed by atoms with Gasteiger partial charge in [-0.1, -0.05) is 6.42 Å². The van der Waals surface area contributed by atoms with Crippen LogP contribution >= 0.6 is 0 Å². The molecule has 2 heterocycles. The second-order valence-electron chi connectivity index (χ2n) is 6.13. The standard InChI is InChI=1S/C15H21F2N3O5S/c1-19-9-10(26(24,25)20-5-3-2-4-6-20)7-12(19)14(21)18-11(15(22)23)8-13(16)17/h7,9,11,13H,2-6,8H2,1H3,(H,18,21)(H,22,23). The van der Waals surface area contributed by atoms with Crippen LogP contribution in [-0.4, -0.2) is 59.8 Å². The molecule has 1 amide bonds. The maximum absolute atomic E-state index is 12.6. The second kappa shape index (κ2) is 8.12. The van der Waals surface area contributed by atoms with Gasteiger partial charge in [-0.2, -0.15) is 4.31 Å². The van der Waals surface area contributed by atoms with Gasteiger partial charge in [-0.3, -0.25) is 4.79 Å². The van der Waals surface area contributed by atoms with Crippen LogP contribution in [0, 0.1) is 0 Å². The maximum atomic E-state index is 12.6. The zero-order valence-electron chi connectivity index (χ0n) is 14.2. The van der Waals surface area contributed by atoms with Crippen LogP contribution in [0.5, 0.6) is 0 Å². The second-order valence-corrected chi connectivity index (χ2v) is 8.07. The van der Waals surface area contributed by atoms with Gasteiger partial charge < -0.3 is 15.0 Å². The zero-order chi connectivity index (χ0) is 19.5. The summed E-state index contributed by atoms with van der Waals surface area (Å²) in [5.41, 5.74) is -0.124. The van der Waals surface area contributed by atoms with E-state index in [0.717, 1.165) is 25.3 Å². The third-order valence-corrected chi connectivity index (χ3v) is 6.05. The molecule has 8 nitrogen and oxygen atoms in total. The van der Waals surface area contributed by atoms with Crippen LogP contribution in [0.15, 0.2) is 17.2 Å². The molecule has 11 heteroatoms. The molecule has 0 bridgehead atoms. The number of alkyl halides is 2. The number of piperidine rings is 1. The Morgan fingerprint density at radius 2 is 1.88 bits per heavy atom. The topological polar surface area (TPSA) is 109 Å². The van der Waals surface area contributed by atoms with E-state index in [4.69, 9.17) is 5.11 Å². The van der Waals surface area contributed by atoms with Gasteiger partial charge in [-0.15, -0.1) is 0 Å². The molecule has 0 aromatic carbocycles. The summed E-state index contributed by atoms with van der Waals surface area (Å²) < 4.78 is 52.7. The number of aliphatic carboxylic acids is 1. The molecule has 0 spiro atoms. The van der Waals surface area contributed by atoms with Gasteiger partial charge in [0, 0.05) is 32.8 Å². The Morgan fingerprint density at radius 3 is 2.42 bits per heavy atom. The molecule has 26 heavy (non-hydrogen) atoms. The number of sulfonamides is 1. The SMILES string of the molecule is Cn1cc(S(=O)(=O)N2CCCCC2)cc1C(=O)NC(CC(F)F)C(=O)O. The Hall–Kier alpha value is -2.01. The third-order valence-electron chi connectivity index (χ3n) is 4.18. The number of amides is 1. The van der Waals surface area contributed by atoms with Crippen molar-refractivity contribution < 1.29 is 31.9 Å². The Balaban J connectivity index is 2.21. The molecule has 1 atom stereocenters. The van der Waals surface area contributed by atoms with Crippen molar-refractivity contribution in [2.24, 2.45) is 7.05 Å². The number of hydrogen-bond donors (Lipinski definition) is 2. The first-order chi connectivity index (χ1) is 12.1. The first-order valence-electron chi connectivity index (χ1n) is 8.11. The highest BCUT2D eigenvalue weighted by Gasteiger charge is 2.30. The average molecular weight is 393 g/mol. The molecule has 0 radical (unpaired) electrons. The van der Waals surface area contributed by atoms with Crippen LogP contribution in [0.1, 0.15) is 36.2 Å². The highest BCUT2D eigenvalue weighted by Crippen LogP contribution is 2.22. The number of hydrogen-bond acceptors (Lipinski definition) is 4. The third kappa shape index (κ3) is 4.58. The number of halogens is 2.